The molecule has 1 aromatic carbocycles. The highest BCUT2D eigenvalue weighted by Crippen LogP contribution is 2.22. The van der Waals surface area contributed by atoms with E-state index in [4.69, 9.17) is 11.1 Å². The van der Waals surface area contributed by atoms with Crippen molar-refractivity contribution >= 4 is 17.6 Å². The lowest BCUT2D eigenvalue weighted by atomic mass is 10.1. The Bertz CT molecular complexity index is 814. The summed E-state index contributed by atoms with van der Waals surface area (Å²) in [6.45, 7) is 0. The number of nitrogens with two attached hydrogens (primary N) is 1. The zero-order chi connectivity index (χ0) is 15.6. The van der Waals surface area contributed by atoms with Crippen molar-refractivity contribution in [3.05, 3.63) is 55.9 Å². The number of aromatic nitrogens is 3. The number of aryl methyl sites for hydroxylation is 1. The first-order chi connectivity index (χ1) is 9.90. The van der Waals surface area contributed by atoms with E-state index in [1.54, 1.807) is 12.1 Å². The molecule has 7 nitrogen and oxygen atoms in total. The van der Waals surface area contributed by atoms with E-state index < -0.39 is 16.9 Å². The monoisotopic (exact) mass is 309 g/mol. The van der Waals surface area contributed by atoms with Crippen LogP contribution in [-0.2, 0) is 12.8 Å². The number of hydrogen-bond acceptors (Lipinski definition) is 5. The highest BCUT2D eigenvalue weighted by atomic mass is 32.2. The molecule has 21 heavy (non-hydrogen) atoms. The van der Waals surface area contributed by atoms with Crippen molar-refractivity contribution in [3.63, 3.8) is 0 Å². The van der Waals surface area contributed by atoms with Gasteiger partial charge in [-0.05, 0) is 11.6 Å². The van der Waals surface area contributed by atoms with Crippen LogP contribution in [0.4, 0.5) is 4.39 Å². The lowest BCUT2D eigenvalue weighted by Gasteiger charge is -2.08. The summed E-state index contributed by atoms with van der Waals surface area (Å²) in [4.78, 5) is 25.9. The molecule has 0 aliphatic carbocycles. The van der Waals surface area contributed by atoms with Gasteiger partial charge in [-0.3, -0.25) is 24.8 Å². The highest BCUT2D eigenvalue weighted by molar-refractivity contribution is 7.98. The molecule has 0 atom stereocenters. The quantitative estimate of drug-likeness (QED) is 0.322. The van der Waals surface area contributed by atoms with Crippen molar-refractivity contribution in [1.29, 1.82) is 5.41 Å². The molecular weight excluding hydrogens is 297 g/mol. The van der Waals surface area contributed by atoms with Crippen molar-refractivity contribution in [2.24, 2.45) is 12.8 Å². The molecule has 0 saturated heterocycles. The predicted octanol–water partition coefficient (Wildman–Crippen LogP) is 0.184. The first kappa shape index (κ1) is 15.0. The van der Waals surface area contributed by atoms with Crippen LogP contribution < -0.4 is 16.9 Å². The molecule has 0 radical (unpaired) electrons. The SMILES string of the molecule is Cn1[nH]c(=O)c(=O)nc1SCc1cccc(C(=N)N)c1F. The minimum absolute atomic E-state index is 0.0245. The maximum Gasteiger partial charge on any atom is 0.339 e. The Kier molecular flexibility index (Phi) is 4.22. The number of benzene rings is 1. The van der Waals surface area contributed by atoms with Crippen molar-refractivity contribution in [3.8, 4) is 0 Å². The molecule has 0 amide bonds. The van der Waals surface area contributed by atoms with Crippen LogP contribution in [0, 0.1) is 11.2 Å². The standard InChI is InChI=1S/C12H12FN5O2S/c1-18-12(16-10(19)11(20)17-18)21-5-6-3-2-4-7(8(6)13)9(14)15/h2-4H,5H2,1H3,(H3,14,15)(H,17,20). The highest BCUT2D eigenvalue weighted by Gasteiger charge is 2.12. The Balaban J connectivity index is 2.27. The van der Waals surface area contributed by atoms with Crippen molar-refractivity contribution in [2.75, 3.05) is 0 Å². The fraction of sp³-hybridized carbons (Fsp3) is 0.167. The molecule has 110 valence electrons. The van der Waals surface area contributed by atoms with E-state index in [-0.39, 0.29) is 22.3 Å². The largest absolute Gasteiger partial charge is 0.384 e. The summed E-state index contributed by atoms with van der Waals surface area (Å²) in [5.74, 6) is -0.750. The molecule has 0 bridgehead atoms. The van der Waals surface area contributed by atoms with Gasteiger partial charge in [0.2, 0.25) is 0 Å². The van der Waals surface area contributed by atoms with Crippen LogP contribution in [0.15, 0.2) is 32.9 Å². The Morgan fingerprint density at radius 2 is 2.24 bits per heavy atom. The Labute approximate surface area is 122 Å². The first-order valence-electron chi connectivity index (χ1n) is 5.82. The van der Waals surface area contributed by atoms with Gasteiger partial charge in [-0.25, -0.2) is 4.39 Å². The van der Waals surface area contributed by atoms with Crippen LogP contribution in [0.25, 0.3) is 0 Å². The molecule has 0 aliphatic rings. The average Bonchev–Trinajstić information content (AvgIpc) is 2.42. The summed E-state index contributed by atoms with van der Waals surface area (Å²) in [5.41, 5.74) is 3.93. The van der Waals surface area contributed by atoms with Gasteiger partial charge in [0.25, 0.3) is 0 Å². The van der Waals surface area contributed by atoms with E-state index in [0.29, 0.717) is 5.56 Å². The van der Waals surface area contributed by atoms with Gasteiger partial charge < -0.3 is 5.73 Å². The summed E-state index contributed by atoms with van der Waals surface area (Å²) >= 11 is 1.09. The average molecular weight is 309 g/mol. The minimum atomic E-state index is -0.895. The number of hydrogen-bond donors (Lipinski definition) is 3. The van der Waals surface area contributed by atoms with E-state index in [2.05, 4.69) is 10.1 Å². The summed E-state index contributed by atoms with van der Waals surface area (Å²) in [5, 5.41) is 9.85. The summed E-state index contributed by atoms with van der Waals surface area (Å²) in [7, 11) is 1.53. The minimum Gasteiger partial charge on any atom is -0.384 e. The van der Waals surface area contributed by atoms with Crippen LogP contribution in [0.1, 0.15) is 11.1 Å². The molecule has 0 aliphatic heterocycles. The summed E-state index contributed by atoms with van der Waals surface area (Å²) < 4.78 is 15.4. The predicted molar refractivity (Wildman–Crippen MR) is 77.1 cm³/mol. The Morgan fingerprint density at radius 3 is 2.90 bits per heavy atom. The number of rotatable bonds is 4. The number of nitrogen functional groups attached to an aromatic ring is 1. The van der Waals surface area contributed by atoms with Crippen molar-refractivity contribution < 1.29 is 4.39 Å². The molecule has 2 rings (SSSR count). The maximum absolute atomic E-state index is 14.1. The molecule has 1 aromatic heterocycles. The molecule has 1 heterocycles. The smallest absolute Gasteiger partial charge is 0.339 e. The Hall–Kier alpha value is -2.42. The van der Waals surface area contributed by atoms with Crippen LogP contribution in [-0.4, -0.2) is 20.6 Å². The second kappa shape index (κ2) is 5.92. The van der Waals surface area contributed by atoms with Gasteiger partial charge in [-0.15, -0.1) is 0 Å². The lowest BCUT2D eigenvalue weighted by Crippen LogP contribution is -2.33. The van der Waals surface area contributed by atoms with Gasteiger partial charge in [0.15, 0.2) is 5.16 Å². The van der Waals surface area contributed by atoms with E-state index in [1.807, 2.05) is 0 Å². The van der Waals surface area contributed by atoms with Crippen molar-refractivity contribution in [2.45, 2.75) is 10.9 Å². The third-order valence-corrected chi connectivity index (χ3v) is 3.75. The summed E-state index contributed by atoms with van der Waals surface area (Å²) in [6, 6.07) is 4.56. The van der Waals surface area contributed by atoms with Gasteiger partial charge in [0.05, 0.1) is 5.56 Å². The number of thioether (sulfide) groups is 1. The molecule has 0 spiro atoms. The fourth-order valence-electron chi connectivity index (χ4n) is 1.63. The summed E-state index contributed by atoms with van der Waals surface area (Å²) in [6.07, 6.45) is 0. The molecule has 4 N–H and O–H groups in total. The molecule has 0 unspecified atom stereocenters. The van der Waals surface area contributed by atoms with Crippen LogP contribution in [0.2, 0.25) is 0 Å². The maximum atomic E-state index is 14.1. The fourth-order valence-corrected chi connectivity index (χ4v) is 2.53. The van der Waals surface area contributed by atoms with Gasteiger partial charge in [-0.2, -0.15) is 4.98 Å². The third kappa shape index (κ3) is 3.19. The van der Waals surface area contributed by atoms with Gasteiger partial charge in [0.1, 0.15) is 11.7 Å². The number of nitrogens with one attached hydrogen (secondary N) is 2. The first-order valence-corrected chi connectivity index (χ1v) is 6.80. The number of amidine groups is 1. The lowest BCUT2D eigenvalue weighted by molar-refractivity contribution is 0.595. The molecular formula is C12H12FN5O2S. The second-order valence-corrected chi connectivity index (χ2v) is 5.12. The number of halogens is 1. The van der Waals surface area contributed by atoms with Crippen LogP contribution in [0.3, 0.4) is 0 Å². The van der Waals surface area contributed by atoms with E-state index in [9.17, 15) is 14.0 Å². The van der Waals surface area contributed by atoms with E-state index >= 15 is 0 Å². The van der Waals surface area contributed by atoms with Gasteiger partial charge >= 0.3 is 11.1 Å². The number of H-pyrrole nitrogens is 1. The zero-order valence-corrected chi connectivity index (χ0v) is 11.8. The Morgan fingerprint density at radius 1 is 1.52 bits per heavy atom. The zero-order valence-electron chi connectivity index (χ0n) is 11.0. The number of nitrogens with zero attached hydrogens (tertiary/aromatic N) is 2. The molecule has 2 aromatic rings. The van der Waals surface area contributed by atoms with Gasteiger partial charge in [-0.1, -0.05) is 23.9 Å². The topological polar surface area (TPSA) is 118 Å². The third-order valence-electron chi connectivity index (χ3n) is 2.67. The second-order valence-electron chi connectivity index (χ2n) is 4.18. The van der Waals surface area contributed by atoms with E-state index in [0.717, 1.165) is 11.8 Å². The van der Waals surface area contributed by atoms with E-state index in [1.165, 1.54) is 17.8 Å². The van der Waals surface area contributed by atoms with Crippen LogP contribution in [0.5, 0.6) is 0 Å². The normalized spacial score (nSPS) is 10.6. The van der Waals surface area contributed by atoms with Crippen LogP contribution >= 0.6 is 11.8 Å². The van der Waals surface area contributed by atoms with Crippen molar-refractivity contribution in [1.82, 2.24) is 14.8 Å². The molecule has 0 fully saturated rings. The molecule has 9 heteroatoms. The van der Waals surface area contributed by atoms with Gasteiger partial charge in [0, 0.05) is 12.8 Å². The molecule has 0 saturated carbocycles. The number of aromatic amines is 1.